The molecule has 0 radical (unpaired) electrons. The molecule has 1 heterocycles. The van der Waals surface area contributed by atoms with Crippen molar-refractivity contribution in [2.75, 3.05) is 26.2 Å². The third-order valence-corrected chi connectivity index (χ3v) is 4.34. The SMILES string of the molecule is C/C=C(\C=C/C(C)C)OC(C(=O)N1CCNCC1)c1ccc(C)c(F)c1.CC. The Bertz CT molecular complexity index is 677. The van der Waals surface area contributed by atoms with Crippen LogP contribution in [0.4, 0.5) is 4.39 Å². The van der Waals surface area contributed by atoms with Gasteiger partial charge in [0.25, 0.3) is 5.91 Å². The van der Waals surface area contributed by atoms with Gasteiger partial charge in [0.05, 0.1) is 0 Å². The molecule has 0 bridgehead atoms. The van der Waals surface area contributed by atoms with Gasteiger partial charge in [0.15, 0.2) is 0 Å². The van der Waals surface area contributed by atoms with Gasteiger partial charge in [-0.25, -0.2) is 4.39 Å². The molecule has 0 aliphatic carbocycles. The Morgan fingerprint density at radius 1 is 1.25 bits per heavy atom. The van der Waals surface area contributed by atoms with E-state index >= 15 is 0 Å². The maximum absolute atomic E-state index is 14.1. The number of amides is 1. The predicted molar refractivity (Wildman–Crippen MR) is 113 cm³/mol. The van der Waals surface area contributed by atoms with Crippen molar-refractivity contribution in [2.24, 2.45) is 5.92 Å². The molecule has 0 spiro atoms. The van der Waals surface area contributed by atoms with Gasteiger partial charge >= 0.3 is 0 Å². The van der Waals surface area contributed by atoms with E-state index in [1.807, 2.05) is 39.0 Å². The normalized spacial score (nSPS) is 16.0. The van der Waals surface area contributed by atoms with Crippen molar-refractivity contribution in [1.82, 2.24) is 10.2 Å². The first-order valence-electron chi connectivity index (χ1n) is 10.2. The molecule has 1 fully saturated rings. The van der Waals surface area contributed by atoms with Crippen LogP contribution >= 0.6 is 0 Å². The third-order valence-electron chi connectivity index (χ3n) is 4.34. The summed E-state index contributed by atoms with van der Waals surface area (Å²) in [6.45, 7) is 14.5. The summed E-state index contributed by atoms with van der Waals surface area (Å²) in [5.74, 6) is 0.511. The number of aryl methyl sites for hydroxylation is 1. The summed E-state index contributed by atoms with van der Waals surface area (Å²) in [5.41, 5.74) is 1.09. The number of benzene rings is 1. The molecule has 4 nitrogen and oxygen atoms in total. The van der Waals surface area contributed by atoms with Gasteiger partial charge in [-0.15, -0.1) is 0 Å². The molecule has 1 amide bonds. The van der Waals surface area contributed by atoms with Crippen molar-refractivity contribution in [1.29, 1.82) is 0 Å². The fraction of sp³-hybridized carbons (Fsp3) is 0.522. The highest BCUT2D eigenvalue weighted by Crippen LogP contribution is 2.26. The minimum absolute atomic E-state index is 0.132. The zero-order valence-electron chi connectivity index (χ0n) is 18.1. The van der Waals surface area contributed by atoms with Crippen LogP contribution in [0.15, 0.2) is 42.2 Å². The molecule has 1 aromatic rings. The maximum atomic E-state index is 14.1. The van der Waals surface area contributed by atoms with Gasteiger partial charge in [-0.05, 0) is 43.5 Å². The summed E-state index contributed by atoms with van der Waals surface area (Å²) >= 11 is 0. The zero-order valence-corrected chi connectivity index (χ0v) is 18.1. The predicted octanol–water partition coefficient (Wildman–Crippen LogP) is 4.77. The number of rotatable bonds is 6. The van der Waals surface area contributed by atoms with E-state index in [0.717, 1.165) is 13.1 Å². The topological polar surface area (TPSA) is 41.6 Å². The standard InChI is InChI=1S/C21H29FN2O2.C2H6/c1-5-18(9-6-15(2)3)26-20(17-8-7-16(4)19(22)14-17)21(25)24-12-10-23-11-13-24;1-2/h5-9,14-15,20,23H,10-13H2,1-4H3;1-2H3/b9-6-,18-5+;. The lowest BCUT2D eigenvalue weighted by Gasteiger charge is -2.31. The van der Waals surface area contributed by atoms with E-state index < -0.39 is 6.10 Å². The Hall–Kier alpha value is -2.14. The van der Waals surface area contributed by atoms with E-state index in [-0.39, 0.29) is 11.7 Å². The highest BCUT2D eigenvalue weighted by atomic mass is 19.1. The molecular formula is C23H35FN2O2. The highest BCUT2D eigenvalue weighted by Gasteiger charge is 2.29. The van der Waals surface area contributed by atoms with Crippen LogP contribution in [0.3, 0.4) is 0 Å². The van der Waals surface area contributed by atoms with Gasteiger partial charge in [0.2, 0.25) is 6.10 Å². The number of carbonyl (C=O) groups excluding carboxylic acids is 1. The average Bonchev–Trinajstić information content (AvgIpc) is 2.72. The van der Waals surface area contributed by atoms with Crippen LogP contribution in [-0.4, -0.2) is 37.0 Å². The van der Waals surface area contributed by atoms with Crippen LogP contribution in [-0.2, 0) is 9.53 Å². The molecule has 1 aliphatic rings. The molecular weight excluding hydrogens is 355 g/mol. The molecule has 1 N–H and O–H groups in total. The van der Waals surface area contributed by atoms with E-state index in [2.05, 4.69) is 19.2 Å². The van der Waals surface area contributed by atoms with E-state index in [0.29, 0.717) is 35.9 Å². The number of allylic oxidation sites excluding steroid dienone is 3. The van der Waals surface area contributed by atoms with Crippen LogP contribution in [0, 0.1) is 18.7 Å². The fourth-order valence-corrected chi connectivity index (χ4v) is 2.71. The first-order valence-corrected chi connectivity index (χ1v) is 10.2. The Balaban J connectivity index is 0.00000190. The van der Waals surface area contributed by atoms with E-state index in [4.69, 9.17) is 4.74 Å². The van der Waals surface area contributed by atoms with Crippen molar-refractivity contribution >= 4 is 5.91 Å². The molecule has 5 heteroatoms. The van der Waals surface area contributed by atoms with Crippen LogP contribution in [0.25, 0.3) is 0 Å². The lowest BCUT2D eigenvalue weighted by molar-refractivity contribution is -0.142. The van der Waals surface area contributed by atoms with E-state index in [1.165, 1.54) is 6.07 Å². The minimum Gasteiger partial charge on any atom is -0.476 e. The minimum atomic E-state index is -0.855. The van der Waals surface area contributed by atoms with Crippen molar-refractivity contribution in [2.45, 2.75) is 47.6 Å². The number of piperazine rings is 1. The second kappa shape index (κ2) is 12.3. The number of nitrogens with one attached hydrogen (secondary N) is 1. The number of ether oxygens (including phenoxy) is 1. The highest BCUT2D eigenvalue weighted by molar-refractivity contribution is 5.82. The monoisotopic (exact) mass is 390 g/mol. The summed E-state index contributed by atoms with van der Waals surface area (Å²) in [6, 6.07) is 4.85. The van der Waals surface area contributed by atoms with Gasteiger partial charge in [-0.2, -0.15) is 0 Å². The maximum Gasteiger partial charge on any atom is 0.268 e. The Morgan fingerprint density at radius 2 is 1.89 bits per heavy atom. The molecule has 2 rings (SSSR count). The zero-order chi connectivity index (χ0) is 21.1. The lowest BCUT2D eigenvalue weighted by atomic mass is 10.0. The van der Waals surface area contributed by atoms with Gasteiger partial charge < -0.3 is 15.0 Å². The second-order valence-corrected chi connectivity index (χ2v) is 6.88. The molecule has 1 aromatic carbocycles. The van der Waals surface area contributed by atoms with Gasteiger partial charge in [-0.1, -0.05) is 45.9 Å². The van der Waals surface area contributed by atoms with E-state index in [1.54, 1.807) is 24.0 Å². The Morgan fingerprint density at radius 3 is 2.43 bits per heavy atom. The average molecular weight is 391 g/mol. The van der Waals surface area contributed by atoms with Gasteiger partial charge in [0, 0.05) is 31.7 Å². The van der Waals surface area contributed by atoms with Crippen molar-refractivity contribution < 1.29 is 13.9 Å². The third kappa shape index (κ3) is 7.12. The van der Waals surface area contributed by atoms with E-state index in [9.17, 15) is 9.18 Å². The molecule has 1 atom stereocenters. The number of hydrogen-bond acceptors (Lipinski definition) is 3. The summed E-state index contributed by atoms with van der Waals surface area (Å²) in [6.07, 6.45) is 4.85. The summed E-state index contributed by atoms with van der Waals surface area (Å²) in [5, 5.41) is 3.23. The first kappa shape index (κ1) is 23.9. The Kier molecular flexibility index (Phi) is 10.5. The fourth-order valence-electron chi connectivity index (χ4n) is 2.71. The van der Waals surface area contributed by atoms with Gasteiger partial charge in [-0.3, -0.25) is 4.79 Å². The molecule has 1 unspecified atom stereocenters. The van der Waals surface area contributed by atoms with Crippen LogP contribution in [0.1, 0.15) is 51.8 Å². The molecule has 0 saturated carbocycles. The summed E-state index contributed by atoms with van der Waals surface area (Å²) < 4.78 is 20.1. The number of nitrogens with zero attached hydrogens (tertiary/aromatic N) is 1. The Labute approximate surface area is 169 Å². The number of halogens is 1. The molecule has 1 aliphatic heterocycles. The van der Waals surface area contributed by atoms with Crippen LogP contribution in [0.2, 0.25) is 0 Å². The number of carbonyl (C=O) groups is 1. The van der Waals surface area contributed by atoms with Crippen LogP contribution < -0.4 is 5.32 Å². The molecule has 156 valence electrons. The molecule has 0 aromatic heterocycles. The largest absolute Gasteiger partial charge is 0.476 e. The van der Waals surface area contributed by atoms with Crippen molar-refractivity contribution in [3.8, 4) is 0 Å². The second-order valence-electron chi connectivity index (χ2n) is 6.88. The van der Waals surface area contributed by atoms with Crippen molar-refractivity contribution in [3.05, 3.63) is 59.1 Å². The van der Waals surface area contributed by atoms with Crippen molar-refractivity contribution in [3.63, 3.8) is 0 Å². The van der Waals surface area contributed by atoms with Gasteiger partial charge in [0.1, 0.15) is 11.6 Å². The van der Waals surface area contributed by atoms with Crippen LogP contribution in [0.5, 0.6) is 0 Å². The first-order chi connectivity index (χ1) is 13.4. The summed E-state index contributed by atoms with van der Waals surface area (Å²) in [4.78, 5) is 14.9. The summed E-state index contributed by atoms with van der Waals surface area (Å²) in [7, 11) is 0. The molecule has 28 heavy (non-hydrogen) atoms. The quantitative estimate of drug-likeness (QED) is 0.562. The smallest absolute Gasteiger partial charge is 0.268 e. The molecule has 1 saturated heterocycles. The number of hydrogen-bond donors (Lipinski definition) is 1. The lowest BCUT2D eigenvalue weighted by Crippen LogP contribution is -2.48.